The molecule has 0 amide bonds. The monoisotopic (exact) mass is 343 g/mol. The second kappa shape index (κ2) is 7.54. The molecule has 0 unspecified atom stereocenters. The molecule has 0 heterocycles. The lowest BCUT2D eigenvalue weighted by atomic mass is 9.96. The topological polar surface area (TPSA) is 70.3 Å². The van der Waals surface area contributed by atoms with Gasteiger partial charge in [-0.05, 0) is 34.5 Å². The van der Waals surface area contributed by atoms with Gasteiger partial charge < -0.3 is 9.84 Å². The zero-order valence-corrected chi connectivity index (χ0v) is 14.3. The molecule has 0 atom stereocenters. The van der Waals surface area contributed by atoms with Gasteiger partial charge in [-0.25, -0.2) is 4.79 Å². The fourth-order valence-electron chi connectivity index (χ4n) is 2.83. The summed E-state index contributed by atoms with van der Waals surface area (Å²) in [5.74, 6) is -0.0759. The highest BCUT2D eigenvalue weighted by molar-refractivity contribution is 5.99. The van der Waals surface area contributed by atoms with Gasteiger partial charge in [0.25, 0.3) is 0 Å². The predicted molar refractivity (Wildman–Crippen MR) is 101 cm³/mol. The summed E-state index contributed by atoms with van der Waals surface area (Å²) >= 11 is 0. The van der Waals surface area contributed by atoms with Crippen molar-refractivity contribution in [1.29, 1.82) is 5.26 Å². The number of aliphatic carboxylic acids is 1. The van der Waals surface area contributed by atoms with Crippen molar-refractivity contribution in [1.82, 2.24) is 0 Å². The van der Waals surface area contributed by atoms with Crippen molar-refractivity contribution in [2.75, 3.05) is 0 Å². The predicted octanol–water partition coefficient (Wildman–Crippen LogP) is 5.14. The third-order valence-electron chi connectivity index (χ3n) is 4.07. The van der Waals surface area contributed by atoms with Gasteiger partial charge >= 0.3 is 5.97 Å². The summed E-state index contributed by atoms with van der Waals surface area (Å²) in [5.41, 5.74) is 2.36. The number of carboxylic acid groups (broad SMARTS) is 1. The molecule has 0 saturated heterocycles. The first kappa shape index (κ1) is 17.2. The van der Waals surface area contributed by atoms with Crippen molar-refractivity contribution in [3.8, 4) is 22.9 Å². The van der Waals surface area contributed by atoms with Crippen LogP contribution in [0.2, 0.25) is 0 Å². The van der Waals surface area contributed by atoms with Crippen LogP contribution in [-0.4, -0.2) is 11.1 Å². The number of hydrogen-bond acceptors (Lipinski definition) is 3. The van der Waals surface area contributed by atoms with Crippen LogP contribution >= 0.6 is 0 Å². The van der Waals surface area contributed by atoms with Crippen LogP contribution in [0, 0.1) is 11.3 Å². The number of carboxylic acids is 1. The summed E-state index contributed by atoms with van der Waals surface area (Å²) in [6.07, 6.45) is 1.55. The van der Waals surface area contributed by atoms with Gasteiger partial charge in [-0.1, -0.05) is 49.4 Å². The quantitative estimate of drug-likeness (QED) is 0.514. The Morgan fingerprint density at radius 3 is 2.50 bits per heavy atom. The summed E-state index contributed by atoms with van der Waals surface area (Å²) < 4.78 is 5.94. The minimum atomic E-state index is -1.04. The maximum absolute atomic E-state index is 11.0. The summed E-state index contributed by atoms with van der Waals surface area (Å²) in [5, 5.41) is 20.1. The van der Waals surface area contributed by atoms with Crippen molar-refractivity contribution in [2.45, 2.75) is 13.3 Å². The summed E-state index contributed by atoms with van der Waals surface area (Å²) in [7, 11) is 0. The van der Waals surface area contributed by atoms with Crippen LogP contribution in [0.1, 0.15) is 18.9 Å². The molecule has 0 aliphatic heterocycles. The summed E-state index contributed by atoms with van der Waals surface area (Å²) in [4.78, 5) is 11.0. The van der Waals surface area contributed by atoms with E-state index in [9.17, 15) is 4.79 Å². The van der Waals surface area contributed by atoms with Crippen LogP contribution in [0.5, 0.6) is 5.75 Å². The molecule has 3 aromatic rings. The zero-order chi connectivity index (χ0) is 18.5. The average molecular weight is 343 g/mol. The number of benzene rings is 3. The van der Waals surface area contributed by atoms with Gasteiger partial charge in [0.15, 0.2) is 0 Å². The molecular weight excluding hydrogens is 326 g/mol. The molecule has 0 aliphatic rings. The fourth-order valence-corrected chi connectivity index (χ4v) is 2.83. The first-order chi connectivity index (χ1) is 12.6. The number of carbonyl (C=O) groups is 1. The largest absolute Gasteiger partial charge is 0.478 e. The van der Waals surface area contributed by atoms with Crippen molar-refractivity contribution in [3.05, 3.63) is 78.1 Å². The Balaban J connectivity index is 2.19. The molecule has 3 aromatic carbocycles. The van der Waals surface area contributed by atoms with Gasteiger partial charge in [0, 0.05) is 12.0 Å². The molecule has 4 nitrogen and oxygen atoms in total. The molecule has 0 aliphatic carbocycles. The number of fused-ring (bicyclic) bond motifs is 1. The van der Waals surface area contributed by atoms with Gasteiger partial charge in [-0.15, -0.1) is 0 Å². The molecule has 0 saturated carbocycles. The Morgan fingerprint density at radius 1 is 1.12 bits per heavy atom. The third-order valence-corrected chi connectivity index (χ3v) is 4.07. The van der Waals surface area contributed by atoms with E-state index in [1.807, 2.05) is 55.5 Å². The summed E-state index contributed by atoms with van der Waals surface area (Å²) in [6.45, 7) is 1.84. The van der Waals surface area contributed by atoms with E-state index >= 15 is 0 Å². The maximum Gasteiger partial charge on any atom is 0.331 e. The van der Waals surface area contributed by atoms with E-state index in [4.69, 9.17) is 15.1 Å². The highest BCUT2D eigenvalue weighted by atomic mass is 16.5. The first-order valence-corrected chi connectivity index (χ1v) is 8.26. The summed E-state index contributed by atoms with van der Waals surface area (Å²) in [6, 6.07) is 21.1. The van der Waals surface area contributed by atoms with Crippen LogP contribution in [0.3, 0.4) is 0 Å². The van der Waals surface area contributed by atoms with Crippen molar-refractivity contribution in [2.24, 2.45) is 0 Å². The Morgan fingerprint density at radius 2 is 1.85 bits per heavy atom. The standard InChI is InChI=1S/C22H17NO3/c1-2-18(13-21(24)25)26-20-12-11-16-5-3-4-6-19(16)22(20)17-9-7-15(14-23)8-10-17/h3-13H,2H2,1H3,(H,24,25). The van der Waals surface area contributed by atoms with Crippen molar-refractivity contribution >= 4 is 16.7 Å². The number of allylic oxidation sites excluding steroid dienone is 1. The van der Waals surface area contributed by atoms with E-state index in [-0.39, 0.29) is 0 Å². The van der Waals surface area contributed by atoms with E-state index in [1.165, 1.54) is 0 Å². The molecule has 1 N–H and O–H groups in total. The van der Waals surface area contributed by atoms with Gasteiger partial charge in [0.2, 0.25) is 0 Å². The van der Waals surface area contributed by atoms with Crippen molar-refractivity contribution < 1.29 is 14.6 Å². The molecule has 26 heavy (non-hydrogen) atoms. The van der Waals surface area contributed by atoms with E-state index in [0.717, 1.165) is 28.0 Å². The second-order valence-corrected chi connectivity index (χ2v) is 5.75. The molecule has 3 rings (SSSR count). The number of hydrogen-bond donors (Lipinski definition) is 1. The van der Waals surface area contributed by atoms with Crippen LogP contribution in [0.15, 0.2) is 72.5 Å². The van der Waals surface area contributed by atoms with Crippen molar-refractivity contribution in [3.63, 3.8) is 0 Å². The van der Waals surface area contributed by atoms with Crippen LogP contribution in [-0.2, 0) is 4.79 Å². The van der Waals surface area contributed by atoms with Crippen LogP contribution in [0.4, 0.5) is 0 Å². The van der Waals surface area contributed by atoms with Crippen LogP contribution in [0.25, 0.3) is 21.9 Å². The molecular formula is C22H17NO3. The zero-order valence-electron chi connectivity index (χ0n) is 14.3. The molecule has 0 spiro atoms. The fraction of sp³-hybridized carbons (Fsp3) is 0.0909. The number of nitriles is 1. The van der Waals surface area contributed by atoms with E-state index in [2.05, 4.69) is 6.07 Å². The van der Waals surface area contributed by atoms with Gasteiger partial charge in [0.05, 0.1) is 17.7 Å². The van der Waals surface area contributed by atoms with Gasteiger partial charge in [0.1, 0.15) is 11.5 Å². The Bertz CT molecular complexity index is 1030. The van der Waals surface area contributed by atoms with E-state index in [0.29, 0.717) is 23.5 Å². The smallest absolute Gasteiger partial charge is 0.331 e. The lowest BCUT2D eigenvalue weighted by Gasteiger charge is -2.15. The normalized spacial score (nSPS) is 11.2. The minimum Gasteiger partial charge on any atom is -0.478 e. The SMILES string of the molecule is CCC(=CC(=O)O)Oc1ccc2ccccc2c1-c1ccc(C#N)cc1. The first-order valence-electron chi connectivity index (χ1n) is 8.26. The molecule has 0 bridgehead atoms. The molecule has 0 fully saturated rings. The van der Waals surface area contributed by atoms with Crippen LogP contribution < -0.4 is 4.74 Å². The minimum absolute atomic E-state index is 0.377. The molecule has 0 aromatic heterocycles. The molecule has 4 heteroatoms. The van der Waals surface area contributed by atoms with Gasteiger partial charge in [-0.3, -0.25) is 0 Å². The van der Waals surface area contributed by atoms with E-state index < -0.39 is 5.97 Å². The molecule has 0 radical (unpaired) electrons. The van der Waals surface area contributed by atoms with Gasteiger partial charge in [-0.2, -0.15) is 5.26 Å². The highest BCUT2D eigenvalue weighted by Gasteiger charge is 2.13. The highest BCUT2D eigenvalue weighted by Crippen LogP contribution is 2.38. The molecule has 128 valence electrons. The number of nitrogens with zero attached hydrogens (tertiary/aromatic N) is 1. The third kappa shape index (κ3) is 3.57. The van der Waals surface area contributed by atoms with E-state index in [1.54, 1.807) is 12.1 Å². The average Bonchev–Trinajstić information content (AvgIpc) is 2.67. The Hall–Kier alpha value is -3.58. The Labute approximate surface area is 151 Å². The second-order valence-electron chi connectivity index (χ2n) is 5.75. The lowest BCUT2D eigenvalue weighted by Crippen LogP contribution is -2.00. The maximum atomic E-state index is 11.0. The lowest BCUT2D eigenvalue weighted by molar-refractivity contribution is -0.131. The number of ether oxygens (including phenoxy) is 1. The Kier molecular flexibility index (Phi) is 5.00. The number of rotatable bonds is 5.